The molecule has 0 spiro atoms. The molecule has 0 unspecified atom stereocenters. The molecule has 0 fully saturated rings. The third-order valence-electron chi connectivity index (χ3n) is 1.26. The molecule has 0 aliphatic heterocycles. The highest BCUT2D eigenvalue weighted by atomic mass is 16.1. The molecule has 0 heterocycles. The maximum absolute atomic E-state index is 10.7. The van der Waals surface area contributed by atoms with E-state index in [1.807, 2.05) is 24.9 Å². The average Bonchev–Trinajstić information content (AvgIpc) is 1.88. The molecule has 10 heavy (non-hydrogen) atoms. The van der Waals surface area contributed by atoms with E-state index < -0.39 is 0 Å². The first-order valence-electron chi connectivity index (χ1n) is 3.28. The van der Waals surface area contributed by atoms with E-state index in [1.54, 1.807) is 0 Å². The molecule has 0 aromatic heterocycles. The van der Waals surface area contributed by atoms with Crippen molar-refractivity contribution in [2.75, 3.05) is 20.1 Å². The fraction of sp³-hybridized carbons (Fsp3) is 0.714. The minimum Gasteiger partial charge on any atom is -0.299 e. The second kappa shape index (κ2) is 4.95. The van der Waals surface area contributed by atoms with Gasteiger partial charge in [-0.3, -0.25) is 9.69 Å². The van der Waals surface area contributed by atoms with Gasteiger partial charge in [-0.15, -0.1) is 0 Å². The minimum atomic E-state index is -0.00755. The quantitative estimate of drug-likeness (QED) is 0.568. The lowest BCUT2D eigenvalue weighted by Crippen LogP contribution is -2.25. The van der Waals surface area contributed by atoms with Crippen molar-refractivity contribution in [3.05, 3.63) is 0 Å². The lowest BCUT2D eigenvalue weighted by Gasteiger charge is -2.10. The fourth-order valence-electron chi connectivity index (χ4n) is 0.557. The van der Waals surface area contributed by atoms with Crippen LogP contribution in [0.5, 0.6) is 0 Å². The molecule has 0 aromatic rings. The van der Waals surface area contributed by atoms with Crippen molar-refractivity contribution in [1.82, 2.24) is 4.90 Å². The second-order valence-electron chi connectivity index (χ2n) is 2.20. The SMILES string of the molecule is CCN(C)CC(=O)CC#N. The number of nitrogens with zero attached hydrogens (tertiary/aromatic N) is 2. The van der Waals surface area contributed by atoms with Gasteiger partial charge in [-0.2, -0.15) is 5.26 Å². The molecule has 0 aliphatic carbocycles. The Morgan fingerprint density at radius 2 is 2.30 bits per heavy atom. The Labute approximate surface area is 61.2 Å². The van der Waals surface area contributed by atoms with Gasteiger partial charge in [0.15, 0.2) is 5.78 Å². The van der Waals surface area contributed by atoms with Crippen LogP contribution in [0, 0.1) is 11.3 Å². The highest BCUT2D eigenvalue weighted by Crippen LogP contribution is 1.85. The maximum Gasteiger partial charge on any atom is 0.160 e. The number of rotatable bonds is 4. The van der Waals surface area contributed by atoms with Crippen LogP contribution in [0.3, 0.4) is 0 Å². The number of carbonyl (C=O) groups is 1. The van der Waals surface area contributed by atoms with Gasteiger partial charge in [-0.1, -0.05) is 6.92 Å². The van der Waals surface area contributed by atoms with Gasteiger partial charge >= 0.3 is 0 Å². The summed E-state index contributed by atoms with van der Waals surface area (Å²) in [6.07, 6.45) is 0.0321. The highest BCUT2D eigenvalue weighted by molar-refractivity contribution is 5.82. The molecule has 0 aliphatic rings. The van der Waals surface area contributed by atoms with Crippen molar-refractivity contribution >= 4 is 5.78 Å². The van der Waals surface area contributed by atoms with Crippen molar-refractivity contribution in [3.63, 3.8) is 0 Å². The van der Waals surface area contributed by atoms with Gasteiger partial charge in [0.2, 0.25) is 0 Å². The Kier molecular flexibility index (Phi) is 4.51. The molecule has 0 radical (unpaired) electrons. The van der Waals surface area contributed by atoms with E-state index >= 15 is 0 Å². The predicted molar refractivity (Wildman–Crippen MR) is 38.4 cm³/mol. The van der Waals surface area contributed by atoms with E-state index in [4.69, 9.17) is 5.26 Å². The molecular weight excluding hydrogens is 128 g/mol. The third-order valence-corrected chi connectivity index (χ3v) is 1.26. The number of nitriles is 1. The Hall–Kier alpha value is -0.880. The summed E-state index contributed by atoms with van der Waals surface area (Å²) < 4.78 is 0. The summed E-state index contributed by atoms with van der Waals surface area (Å²) in [6.45, 7) is 3.21. The molecule has 0 atom stereocenters. The van der Waals surface area contributed by atoms with Gasteiger partial charge in [-0.05, 0) is 13.6 Å². The van der Waals surface area contributed by atoms with Crippen LogP contribution in [0.1, 0.15) is 13.3 Å². The first kappa shape index (κ1) is 9.12. The van der Waals surface area contributed by atoms with Crippen molar-refractivity contribution in [1.29, 1.82) is 5.26 Å². The normalized spacial score (nSPS) is 9.40. The molecule has 3 heteroatoms. The van der Waals surface area contributed by atoms with E-state index in [9.17, 15) is 4.79 Å². The van der Waals surface area contributed by atoms with Crippen LogP contribution in [0.25, 0.3) is 0 Å². The zero-order valence-corrected chi connectivity index (χ0v) is 6.42. The molecular formula is C7H12N2O. The number of likely N-dealkylation sites (N-methyl/N-ethyl adjacent to an activating group) is 1. The number of carbonyl (C=O) groups excluding carboxylic acids is 1. The maximum atomic E-state index is 10.7. The second-order valence-corrected chi connectivity index (χ2v) is 2.20. The van der Waals surface area contributed by atoms with Crippen molar-refractivity contribution < 1.29 is 4.79 Å². The number of hydrogen-bond donors (Lipinski definition) is 0. The third kappa shape index (κ3) is 4.04. The summed E-state index contributed by atoms with van der Waals surface area (Å²) in [7, 11) is 1.86. The summed E-state index contributed by atoms with van der Waals surface area (Å²) in [5, 5.41) is 8.13. The predicted octanol–water partition coefficient (Wildman–Crippen LogP) is 0.421. The monoisotopic (exact) mass is 140 g/mol. The fourth-order valence-corrected chi connectivity index (χ4v) is 0.557. The van der Waals surface area contributed by atoms with Crippen molar-refractivity contribution in [2.45, 2.75) is 13.3 Å². The smallest absolute Gasteiger partial charge is 0.160 e. The molecule has 0 bridgehead atoms. The summed E-state index contributed by atoms with van der Waals surface area (Å²) in [6, 6.07) is 1.82. The van der Waals surface area contributed by atoms with E-state index in [-0.39, 0.29) is 12.2 Å². The van der Waals surface area contributed by atoms with E-state index in [0.29, 0.717) is 6.54 Å². The van der Waals surface area contributed by atoms with Gasteiger partial charge in [0.1, 0.15) is 0 Å². The van der Waals surface area contributed by atoms with Crippen LogP contribution in [-0.2, 0) is 4.79 Å². The average molecular weight is 140 g/mol. The topological polar surface area (TPSA) is 44.1 Å². The zero-order chi connectivity index (χ0) is 7.98. The standard InChI is InChI=1S/C7H12N2O/c1-3-9(2)6-7(10)4-5-8/h3-4,6H2,1-2H3. The van der Waals surface area contributed by atoms with Crippen LogP contribution in [0.4, 0.5) is 0 Å². The van der Waals surface area contributed by atoms with E-state index in [2.05, 4.69) is 0 Å². The van der Waals surface area contributed by atoms with E-state index in [1.165, 1.54) is 0 Å². The number of Topliss-reactive ketones (excluding diaryl/α,β-unsaturated/α-hetero) is 1. The van der Waals surface area contributed by atoms with Gasteiger partial charge < -0.3 is 0 Å². The Bertz CT molecular complexity index is 148. The van der Waals surface area contributed by atoms with Crippen molar-refractivity contribution in [3.8, 4) is 6.07 Å². The molecule has 0 amide bonds. The Morgan fingerprint density at radius 1 is 1.70 bits per heavy atom. The summed E-state index contributed by atoms with van der Waals surface area (Å²) in [5.41, 5.74) is 0. The van der Waals surface area contributed by atoms with Crippen LogP contribution in [-0.4, -0.2) is 30.8 Å². The van der Waals surface area contributed by atoms with Crippen LogP contribution >= 0.6 is 0 Å². The largest absolute Gasteiger partial charge is 0.299 e. The van der Waals surface area contributed by atoms with Crippen LogP contribution < -0.4 is 0 Å². The first-order valence-corrected chi connectivity index (χ1v) is 3.28. The summed E-state index contributed by atoms with van der Waals surface area (Å²) in [4.78, 5) is 12.6. The Balaban J connectivity index is 3.49. The molecule has 0 saturated carbocycles. The first-order chi connectivity index (χ1) is 4.70. The summed E-state index contributed by atoms with van der Waals surface area (Å²) >= 11 is 0. The zero-order valence-electron chi connectivity index (χ0n) is 6.42. The molecule has 56 valence electrons. The van der Waals surface area contributed by atoms with Gasteiger partial charge in [0, 0.05) is 0 Å². The van der Waals surface area contributed by atoms with Gasteiger partial charge in [-0.25, -0.2) is 0 Å². The lowest BCUT2D eigenvalue weighted by atomic mass is 10.3. The Morgan fingerprint density at radius 3 is 2.70 bits per heavy atom. The molecule has 0 aromatic carbocycles. The molecule has 3 nitrogen and oxygen atoms in total. The molecule has 0 saturated heterocycles. The summed E-state index contributed by atoms with van der Waals surface area (Å²) in [5.74, 6) is -0.00755. The van der Waals surface area contributed by atoms with Gasteiger partial charge in [0.05, 0.1) is 19.0 Å². The minimum absolute atomic E-state index is 0.00755. The molecule has 0 rings (SSSR count). The number of ketones is 1. The van der Waals surface area contributed by atoms with Crippen molar-refractivity contribution in [2.24, 2.45) is 0 Å². The van der Waals surface area contributed by atoms with E-state index in [0.717, 1.165) is 6.54 Å². The van der Waals surface area contributed by atoms with Crippen LogP contribution in [0.15, 0.2) is 0 Å². The number of hydrogen-bond acceptors (Lipinski definition) is 3. The molecule has 0 N–H and O–H groups in total. The highest BCUT2D eigenvalue weighted by Gasteiger charge is 2.02. The van der Waals surface area contributed by atoms with Gasteiger partial charge in [0.25, 0.3) is 0 Å². The lowest BCUT2D eigenvalue weighted by molar-refractivity contribution is -0.118. The van der Waals surface area contributed by atoms with Crippen LogP contribution in [0.2, 0.25) is 0 Å².